The van der Waals surface area contributed by atoms with E-state index in [1.165, 1.54) is 10.8 Å². The van der Waals surface area contributed by atoms with Gasteiger partial charge in [-0.2, -0.15) is 0 Å². The molecule has 0 aromatic carbocycles. The fourth-order valence-electron chi connectivity index (χ4n) is 1.87. The van der Waals surface area contributed by atoms with Crippen molar-refractivity contribution in [1.29, 1.82) is 0 Å². The number of fused-ring (bicyclic) bond motifs is 1. The highest BCUT2D eigenvalue weighted by Gasteiger charge is 2.19. The molecule has 0 aliphatic heterocycles. The van der Waals surface area contributed by atoms with Crippen molar-refractivity contribution in [2.24, 2.45) is 0 Å². The van der Waals surface area contributed by atoms with Crippen molar-refractivity contribution in [3.8, 4) is 5.82 Å². The van der Waals surface area contributed by atoms with E-state index in [4.69, 9.17) is 4.63 Å². The summed E-state index contributed by atoms with van der Waals surface area (Å²) in [4.78, 5) is 20.0. The van der Waals surface area contributed by atoms with Crippen LogP contribution in [0.1, 0.15) is 25.5 Å². The van der Waals surface area contributed by atoms with E-state index in [-0.39, 0.29) is 5.92 Å². The van der Waals surface area contributed by atoms with E-state index < -0.39 is 5.69 Å². The Morgan fingerprint density at radius 1 is 1.26 bits per heavy atom. The molecule has 0 atom stereocenters. The molecule has 19 heavy (non-hydrogen) atoms. The van der Waals surface area contributed by atoms with E-state index >= 15 is 0 Å². The van der Waals surface area contributed by atoms with Crippen LogP contribution in [0.25, 0.3) is 16.9 Å². The highest BCUT2D eigenvalue weighted by Crippen LogP contribution is 2.20. The second kappa shape index (κ2) is 4.27. The van der Waals surface area contributed by atoms with Gasteiger partial charge in [0.25, 0.3) is 0 Å². The first-order chi connectivity index (χ1) is 9.18. The fourth-order valence-corrected chi connectivity index (χ4v) is 1.87. The number of hydrogen-bond donors (Lipinski definition) is 0. The number of pyridine rings is 1. The molecule has 7 nitrogen and oxygen atoms in total. The first-order valence-corrected chi connectivity index (χ1v) is 5.84. The molecule has 96 valence electrons. The molecule has 0 saturated heterocycles. The maximum atomic E-state index is 12.0. The summed E-state index contributed by atoms with van der Waals surface area (Å²) in [6.45, 7) is 3.89. The predicted octanol–water partition coefficient (Wildman–Crippen LogP) is 1.29. The van der Waals surface area contributed by atoms with Crippen molar-refractivity contribution < 1.29 is 4.63 Å². The smallest absolute Gasteiger partial charge is 0.245 e. The van der Waals surface area contributed by atoms with Crippen LogP contribution in [0.15, 0.2) is 33.9 Å². The van der Waals surface area contributed by atoms with Crippen LogP contribution in [-0.4, -0.2) is 24.8 Å². The van der Waals surface area contributed by atoms with Crippen LogP contribution in [0.3, 0.4) is 0 Å². The van der Waals surface area contributed by atoms with Gasteiger partial charge >= 0.3 is 5.69 Å². The third-order valence-electron chi connectivity index (χ3n) is 2.79. The maximum absolute atomic E-state index is 12.0. The second-order valence-corrected chi connectivity index (χ2v) is 4.42. The zero-order valence-electron chi connectivity index (χ0n) is 10.4. The molecule has 7 heteroatoms. The van der Waals surface area contributed by atoms with Crippen molar-refractivity contribution in [2.75, 3.05) is 0 Å². The van der Waals surface area contributed by atoms with Gasteiger partial charge in [0.1, 0.15) is 5.69 Å². The van der Waals surface area contributed by atoms with Crippen molar-refractivity contribution >= 4 is 11.0 Å². The highest BCUT2D eigenvalue weighted by molar-refractivity contribution is 5.75. The standard InChI is InChI=1S/C12H11N5O2/c1-7(2)9-11(16-19-15-9)17-10-8(4-3-5-13-10)6-14-12(17)18/h3-7H,1-2H3. The summed E-state index contributed by atoms with van der Waals surface area (Å²) in [5, 5.41) is 8.40. The van der Waals surface area contributed by atoms with Gasteiger partial charge in [-0.15, -0.1) is 0 Å². The van der Waals surface area contributed by atoms with Gasteiger partial charge in [0.2, 0.25) is 5.82 Å². The molecule has 0 aliphatic carbocycles. The molecule has 0 bridgehead atoms. The Kier molecular flexibility index (Phi) is 2.59. The second-order valence-electron chi connectivity index (χ2n) is 4.42. The Morgan fingerprint density at radius 2 is 2.11 bits per heavy atom. The zero-order chi connectivity index (χ0) is 13.4. The van der Waals surface area contributed by atoms with Gasteiger partial charge in [0.15, 0.2) is 5.65 Å². The molecule has 0 saturated carbocycles. The van der Waals surface area contributed by atoms with E-state index in [1.54, 1.807) is 12.3 Å². The molecular formula is C12H11N5O2. The summed E-state index contributed by atoms with van der Waals surface area (Å²) in [6, 6.07) is 3.61. The van der Waals surface area contributed by atoms with Crippen LogP contribution >= 0.6 is 0 Å². The van der Waals surface area contributed by atoms with Crippen LogP contribution in [0, 0.1) is 0 Å². The third kappa shape index (κ3) is 1.79. The van der Waals surface area contributed by atoms with E-state index in [9.17, 15) is 4.79 Å². The Labute approximate surface area is 107 Å². The monoisotopic (exact) mass is 257 g/mol. The molecule has 3 aromatic heterocycles. The van der Waals surface area contributed by atoms with Gasteiger partial charge in [-0.05, 0) is 17.3 Å². The lowest BCUT2D eigenvalue weighted by atomic mass is 10.1. The van der Waals surface area contributed by atoms with Gasteiger partial charge in [-0.3, -0.25) is 0 Å². The fraction of sp³-hybridized carbons (Fsp3) is 0.250. The Hall–Kier alpha value is -2.57. The normalized spacial score (nSPS) is 11.3. The largest absolute Gasteiger partial charge is 0.355 e. The molecule has 3 aromatic rings. The summed E-state index contributed by atoms with van der Waals surface area (Å²) in [5.41, 5.74) is 0.631. The minimum atomic E-state index is -0.455. The predicted molar refractivity (Wildman–Crippen MR) is 67.1 cm³/mol. The summed E-state index contributed by atoms with van der Waals surface area (Å²) in [7, 11) is 0. The van der Waals surface area contributed by atoms with Crippen LogP contribution in [-0.2, 0) is 0 Å². The van der Waals surface area contributed by atoms with Crippen LogP contribution in [0.5, 0.6) is 0 Å². The molecule has 3 rings (SSSR count). The minimum absolute atomic E-state index is 0.0760. The molecule has 0 fully saturated rings. The van der Waals surface area contributed by atoms with E-state index in [1.807, 2.05) is 19.9 Å². The molecule has 0 amide bonds. The summed E-state index contributed by atoms with van der Waals surface area (Å²) < 4.78 is 6.07. The molecular weight excluding hydrogens is 246 g/mol. The molecule has 0 spiro atoms. The number of nitrogens with zero attached hydrogens (tertiary/aromatic N) is 5. The first-order valence-electron chi connectivity index (χ1n) is 5.84. The lowest BCUT2D eigenvalue weighted by Crippen LogP contribution is -2.23. The Balaban J connectivity index is 2.39. The molecule has 0 unspecified atom stereocenters. The first kappa shape index (κ1) is 11.5. The summed E-state index contributed by atoms with van der Waals surface area (Å²) >= 11 is 0. The highest BCUT2D eigenvalue weighted by atomic mass is 16.6. The zero-order valence-corrected chi connectivity index (χ0v) is 10.4. The number of hydrogen-bond acceptors (Lipinski definition) is 6. The quantitative estimate of drug-likeness (QED) is 0.687. The van der Waals surface area contributed by atoms with Crippen molar-refractivity contribution in [1.82, 2.24) is 24.8 Å². The third-order valence-corrected chi connectivity index (χ3v) is 2.79. The lowest BCUT2D eigenvalue weighted by Gasteiger charge is -2.06. The minimum Gasteiger partial charge on any atom is -0.245 e. The topological polar surface area (TPSA) is 86.7 Å². The summed E-state index contributed by atoms with van der Waals surface area (Å²) in [5.74, 6) is 0.420. The van der Waals surface area contributed by atoms with E-state index in [0.29, 0.717) is 17.2 Å². The van der Waals surface area contributed by atoms with E-state index in [0.717, 1.165) is 5.39 Å². The molecule has 0 N–H and O–H groups in total. The van der Waals surface area contributed by atoms with Gasteiger partial charge in [-0.1, -0.05) is 19.0 Å². The van der Waals surface area contributed by atoms with Crippen molar-refractivity contribution in [3.63, 3.8) is 0 Å². The Bertz CT molecular complexity index is 790. The van der Waals surface area contributed by atoms with Crippen molar-refractivity contribution in [2.45, 2.75) is 19.8 Å². The van der Waals surface area contributed by atoms with Crippen LogP contribution in [0.2, 0.25) is 0 Å². The lowest BCUT2D eigenvalue weighted by molar-refractivity contribution is 0.301. The molecule has 3 heterocycles. The van der Waals surface area contributed by atoms with Gasteiger partial charge in [-0.25, -0.2) is 24.0 Å². The van der Waals surface area contributed by atoms with Gasteiger partial charge in [0, 0.05) is 23.7 Å². The molecule has 0 aliphatic rings. The SMILES string of the molecule is CC(C)c1nonc1-n1c(=O)ncc2cccnc21. The maximum Gasteiger partial charge on any atom is 0.355 e. The summed E-state index contributed by atoms with van der Waals surface area (Å²) in [6.07, 6.45) is 3.10. The van der Waals surface area contributed by atoms with Crippen molar-refractivity contribution in [3.05, 3.63) is 40.7 Å². The number of rotatable bonds is 2. The average molecular weight is 257 g/mol. The average Bonchev–Trinajstić information content (AvgIpc) is 2.87. The van der Waals surface area contributed by atoms with E-state index in [2.05, 4.69) is 20.3 Å². The Morgan fingerprint density at radius 3 is 2.89 bits per heavy atom. The van der Waals surface area contributed by atoms with Gasteiger partial charge < -0.3 is 0 Å². The van der Waals surface area contributed by atoms with Crippen LogP contribution < -0.4 is 5.69 Å². The number of aromatic nitrogens is 5. The van der Waals surface area contributed by atoms with Crippen LogP contribution in [0.4, 0.5) is 0 Å². The van der Waals surface area contributed by atoms with Gasteiger partial charge in [0.05, 0.1) is 0 Å². The molecule has 0 radical (unpaired) electrons.